The molecule has 1 aromatic heterocycles. The van der Waals surface area contributed by atoms with E-state index >= 15 is 0 Å². The molecule has 2 rings (SSSR count). The highest BCUT2D eigenvalue weighted by Crippen LogP contribution is 2.22. The maximum absolute atomic E-state index is 11.7. The molecular weight excluding hydrogens is 342 g/mol. The fourth-order valence-electron chi connectivity index (χ4n) is 2.86. The summed E-state index contributed by atoms with van der Waals surface area (Å²) in [7, 11) is 3.34. The average molecular weight is 371 g/mol. The van der Waals surface area contributed by atoms with Gasteiger partial charge in [-0.25, -0.2) is 0 Å². The monoisotopic (exact) mass is 371 g/mol. The van der Waals surface area contributed by atoms with Crippen LogP contribution in [-0.4, -0.2) is 31.1 Å². The lowest BCUT2D eigenvalue weighted by atomic mass is 9.99. The zero-order valence-corrected chi connectivity index (χ0v) is 16.5. The summed E-state index contributed by atoms with van der Waals surface area (Å²) in [5, 5.41) is 13.3. The summed E-state index contributed by atoms with van der Waals surface area (Å²) in [5.41, 5.74) is 2.64. The molecule has 27 heavy (non-hydrogen) atoms. The number of nitrogens with one attached hydrogen (secondary N) is 3. The van der Waals surface area contributed by atoms with E-state index in [1.54, 1.807) is 20.2 Å². The molecule has 0 aliphatic carbocycles. The highest BCUT2D eigenvalue weighted by molar-refractivity contribution is 5.94. The van der Waals surface area contributed by atoms with Crippen molar-refractivity contribution in [1.29, 1.82) is 0 Å². The molecule has 0 bridgehead atoms. The Balaban J connectivity index is 1.89. The van der Waals surface area contributed by atoms with Crippen molar-refractivity contribution in [1.82, 2.24) is 21.1 Å². The number of amides is 1. The molecule has 0 saturated heterocycles. The van der Waals surface area contributed by atoms with Crippen LogP contribution in [0.5, 0.6) is 0 Å². The van der Waals surface area contributed by atoms with E-state index in [2.05, 4.69) is 39.9 Å². The standard InChI is InChI=1S/C20H29N5O2/c1-5-15(6-2)18-11-17(27-25-18)13-24-20(22-4)23-12-14-8-7-9-16(10-14)19(26)21-3/h7-11,15H,5-6,12-13H2,1-4H3,(H,21,26)(H2,22,23,24). The van der Waals surface area contributed by atoms with Crippen LogP contribution < -0.4 is 16.0 Å². The van der Waals surface area contributed by atoms with Crippen molar-refractivity contribution in [2.75, 3.05) is 14.1 Å². The van der Waals surface area contributed by atoms with E-state index in [4.69, 9.17) is 4.52 Å². The van der Waals surface area contributed by atoms with Crippen LogP contribution >= 0.6 is 0 Å². The van der Waals surface area contributed by atoms with Crippen LogP contribution in [0.3, 0.4) is 0 Å². The fourth-order valence-corrected chi connectivity index (χ4v) is 2.86. The molecule has 0 fully saturated rings. The summed E-state index contributed by atoms with van der Waals surface area (Å²) < 4.78 is 5.42. The lowest BCUT2D eigenvalue weighted by molar-refractivity contribution is 0.0963. The summed E-state index contributed by atoms with van der Waals surface area (Å²) in [6.07, 6.45) is 2.10. The van der Waals surface area contributed by atoms with E-state index in [-0.39, 0.29) is 5.91 Å². The van der Waals surface area contributed by atoms with Gasteiger partial charge in [0, 0.05) is 38.2 Å². The number of carbonyl (C=O) groups excluding carboxylic acids is 1. The van der Waals surface area contributed by atoms with Crippen LogP contribution in [0.2, 0.25) is 0 Å². The number of aromatic nitrogens is 1. The zero-order chi connectivity index (χ0) is 19.6. The predicted octanol–water partition coefficient (Wildman–Crippen LogP) is 2.80. The van der Waals surface area contributed by atoms with Crippen LogP contribution in [-0.2, 0) is 13.1 Å². The molecule has 0 saturated carbocycles. The Morgan fingerprint density at radius 2 is 1.93 bits per heavy atom. The van der Waals surface area contributed by atoms with Crippen molar-refractivity contribution in [2.45, 2.75) is 45.7 Å². The quantitative estimate of drug-likeness (QED) is 0.490. The SMILES string of the molecule is CCC(CC)c1cc(CNC(=NC)NCc2cccc(C(=O)NC)c2)on1. The third kappa shape index (κ3) is 5.84. The lowest BCUT2D eigenvalue weighted by Gasteiger charge is -2.11. The molecule has 0 radical (unpaired) electrons. The summed E-state index contributed by atoms with van der Waals surface area (Å²) in [6.45, 7) is 5.38. The van der Waals surface area contributed by atoms with E-state index in [0.29, 0.717) is 30.5 Å². The minimum Gasteiger partial charge on any atom is -0.359 e. The number of hydrogen-bond acceptors (Lipinski definition) is 4. The van der Waals surface area contributed by atoms with Crippen LogP contribution in [0.4, 0.5) is 0 Å². The molecule has 2 aromatic rings. The van der Waals surface area contributed by atoms with Gasteiger partial charge in [0.15, 0.2) is 11.7 Å². The van der Waals surface area contributed by atoms with E-state index in [9.17, 15) is 4.79 Å². The molecule has 1 amide bonds. The highest BCUT2D eigenvalue weighted by atomic mass is 16.5. The Morgan fingerprint density at radius 1 is 1.19 bits per heavy atom. The molecule has 1 heterocycles. The number of hydrogen-bond donors (Lipinski definition) is 3. The minimum absolute atomic E-state index is 0.0991. The van der Waals surface area contributed by atoms with Gasteiger partial charge in [-0.3, -0.25) is 9.79 Å². The molecule has 7 heteroatoms. The molecule has 1 aromatic carbocycles. The normalized spacial score (nSPS) is 11.5. The summed E-state index contributed by atoms with van der Waals surface area (Å²) in [6, 6.07) is 9.48. The first-order valence-corrected chi connectivity index (χ1v) is 9.32. The second kappa shape index (κ2) is 10.4. The number of benzene rings is 1. The van der Waals surface area contributed by atoms with Crippen LogP contribution in [0.15, 0.2) is 39.8 Å². The highest BCUT2D eigenvalue weighted by Gasteiger charge is 2.13. The number of rotatable bonds is 8. The first kappa shape index (κ1) is 20.5. The van der Waals surface area contributed by atoms with Crippen molar-refractivity contribution in [3.63, 3.8) is 0 Å². The Hall–Kier alpha value is -2.83. The maximum atomic E-state index is 11.7. The van der Waals surface area contributed by atoms with Crippen LogP contribution in [0, 0.1) is 0 Å². The Kier molecular flexibility index (Phi) is 7.85. The van der Waals surface area contributed by atoms with Gasteiger partial charge >= 0.3 is 0 Å². The van der Waals surface area contributed by atoms with Crippen molar-refractivity contribution in [2.24, 2.45) is 4.99 Å². The van der Waals surface area contributed by atoms with E-state index in [1.165, 1.54) is 0 Å². The molecule has 146 valence electrons. The molecular formula is C20H29N5O2. The van der Waals surface area contributed by atoms with Crippen molar-refractivity contribution < 1.29 is 9.32 Å². The van der Waals surface area contributed by atoms with Crippen molar-refractivity contribution >= 4 is 11.9 Å². The largest absolute Gasteiger partial charge is 0.359 e. The fraction of sp³-hybridized carbons (Fsp3) is 0.450. The summed E-state index contributed by atoms with van der Waals surface area (Å²) in [5.74, 6) is 1.77. The Labute approximate surface area is 160 Å². The molecule has 7 nitrogen and oxygen atoms in total. The van der Waals surface area contributed by atoms with Gasteiger partial charge in [-0.05, 0) is 30.5 Å². The summed E-state index contributed by atoms with van der Waals surface area (Å²) in [4.78, 5) is 15.9. The molecule has 0 aliphatic rings. The smallest absolute Gasteiger partial charge is 0.251 e. The van der Waals surface area contributed by atoms with E-state index in [0.717, 1.165) is 29.9 Å². The van der Waals surface area contributed by atoms with Gasteiger partial charge in [-0.2, -0.15) is 0 Å². The Morgan fingerprint density at radius 3 is 2.59 bits per heavy atom. The van der Waals surface area contributed by atoms with Crippen molar-refractivity contribution in [3.8, 4) is 0 Å². The van der Waals surface area contributed by atoms with Crippen LogP contribution in [0.25, 0.3) is 0 Å². The van der Waals surface area contributed by atoms with Gasteiger partial charge in [-0.15, -0.1) is 0 Å². The van der Waals surface area contributed by atoms with E-state index < -0.39 is 0 Å². The first-order valence-electron chi connectivity index (χ1n) is 9.32. The summed E-state index contributed by atoms with van der Waals surface area (Å²) >= 11 is 0. The average Bonchev–Trinajstić information content (AvgIpc) is 3.17. The molecule has 0 atom stereocenters. The van der Waals surface area contributed by atoms with Crippen LogP contribution in [0.1, 0.15) is 60.0 Å². The zero-order valence-electron chi connectivity index (χ0n) is 16.5. The number of guanidine groups is 1. The van der Waals surface area contributed by atoms with Crippen molar-refractivity contribution in [3.05, 3.63) is 52.9 Å². The lowest BCUT2D eigenvalue weighted by Crippen LogP contribution is -2.36. The van der Waals surface area contributed by atoms with Gasteiger partial charge in [-0.1, -0.05) is 31.1 Å². The maximum Gasteiger partial charge on any atom is 0.251 e. The number of aliphatic imine (C=N–C) groups is 1. The van der Waals surface area contributed by atoms with Gasteiger partial charge in [0.05, 0.1) is 12.2 Å². The topological polar surface area (TPSA) is 91.5 Å². The predicted molar refractivity (Wildman–Crippen MR) is 107 cm³/mol. The second-order valence-electron chi connectivity index (χ2n) is 6.29. The van der Waals surface area contributed by atoms with Gasteiger partial charge in [0.25, 0.3) is 5.91 Å². The van der Waals surface area contributed by atoms with E-state index in [1.807, 2.05) is 24.3 Å². The third-order valence-electron chi connectivity index (χ3n) is 4.51. The first-order chi connectivity index (χ1) is 13.1. The molecule has 0 aliphatic heterocycles. The van der Waals surface area contributed by atoms with Gasteiger partial charge < -0.3 is 20.5 Å². The van der Waals surface area contributed by atoms with Gasteiger partial charge in [0.2, 0.25) is 0 Å². The molecule has 0 unspecified atom stereocenters. The van der Waals surface area contributed by atoms with Gasteiger partial charge in [0.1, 0.15) is 0 Å². The number of carbonyl (C=O) groups is 1. The number of nitrogens with zero attached hydrogens (tertiary/aromatic N) is 2. The molecule has 3 N–H and O–H groups in total. The second-order valence-corrected chi connectivity index (χ2v) is 6.29. The third-order valence-corrected chi connectivity index (χ3v) is 4.51. The Bertz CT molecular complexity index is 765. The molecule has 0 spiro atoms. The minimum atomic E-state index is -0.0991.